The summed E-state index contributed by atoms with van der Waals surface area (Å²) < 4.78 is 5.03. The fraction of sp³-hybridized carbons (Fsp3) is 0.286. The number of nitrogens with zero attached hydrogens (tertiary/aromatic N) is 4. The second-order valence-electron chi connectivity index (χ2n) is 5.14. The molecule has 1 aliphatic heterocycles. The lowest BCUT2D eigenvalue weighted by atomic mass is 10.2. The molecule has 1 aromatic heterocycles. The van der Waals surface area contributed by atoms with E-state index in [4.69, 9.17) is 4.74 Å². The summed E-state index contributed by atoms with van der Waals surface area (Å²) in [6, 6.07) is 3.91. The highest BCUT2D eigenvalue weighted by Crippen LogP contribution is 2.35. The Morgan fingerprint density at radius 3 is 2.96 bits per heavy atom. The van der Waals surface area contributed by atoms with Gasteiger partial charge in [-0.25, -0.2) is 4.79 Å². The van der Waals surface area contributed by atoms with E-state index in [2.05, 4.69) is 15.5 Å². The maximum atomic E-state index is 12.2. The van der Waals surface area contributed by atoms with Gasteiger partial charge < -0.3 is 9.64 Å². The number of benzene rings is 1. The Morgan fingerprint density at radius 2 is 2.28 bits per heavy atom. The van der Waals surface area contributed by atoms with Gasteiger partial charge in [-0.15, -0.1) is 10.2 Å². The smallest absolute Gasteiger partial charge is 0.331 e. The first kappa shape index (κ1) is 16.8. The van der Waals surface area contributed by atoms with Crippen molar-refractivity contribution < 1.29 is 19.2 Å². The monoisotopic (exact) mass is 363 g/mol. The van der Waals surface area contributed by atoms with E-state index in [1.165, 1.54) is 28.4 Å². The summed E-state index contributed by atoms with van der Waals surface area (Å²) in [7, 11) is 0. The molecule has 0 aliphatic carbocycles. The highest BCUT2D eigenvalue weighted by atomic mass is 32.1. The molecule has 1 aromatic carbocycles. The predicted molar refractivity (Wildman–Crippen MR) is 88.9 cm³/mol. The predicted octanol–water partition coefficient (Wildman–Crippen LogP) is 1.37. The summed E-state index contributed by atoms with van der Waals surface area (Å²) in [6.07, 6.45) is 0.720. The van der Waals surface area contributed by atoms with Gasteiger partial charge in [0, 0.05) is 6.07 Å². The van der Waals surface area contributed by atoms with Crippen molar-refractivity contribution in [3.05, 3.63) is 33.3 Å². The number of hydrogen-bond acceptors (Lipinski definition) is 9. The van der Waals surface area contributed by atoms with Gasteiger partial charge in [-0.05, 0) is 12.5 Å². The number of nitro benzene ring substituents is 1. The van der Waals surface area contributed by atoms with Crippen molar-refractivity contribution in [2.75, 3.05) is 23.3 Å². The molecule has 10 nitrogen and oxygen atoms in total. The number of amides is 1. The van der Waals surface area contributed by atoms with Crippen molar-refractivity contribution in [1.82, 2.24) is 10.2 Å². The van der Waals surface area contributed by atoms with Crippen molar-refractivity contribution in [1.29, 1.82) is 0 Å². The zero-order chi connectivity index (χ0) is 18.0. The van der Waals surface area contributed by atoms with Gasteiger partial charge in [-0.1, -0.05) is 18.3 Å². The molecule has 130 valence electrons. The molecule has 0 saturated carbocycles. The van der Waals surface area contributed by atoms with E-state index >= 15 is 0 Å². The van der Waals surface area contributed by atoms with Crippen LogP contribution in [-0.2, 0) is 16.0 Å². The van der Waals surface area contributed by atoms with Crippen LogP contribution < -0.4 is 15.0 Å². The van der Waals surface area contributed by atoms with E-state index in [-0.39, 0.29) is 30.4 Å². The second kappa shape index (κ2) is 6.81. The van der Waals surface area contributed by atoms with Gasteiger partial charge in [0.05, 0.1) is 23.2 Å². The summed E-state index contributed by atoms with van der Waals surface area (Å²) in [5, 5.41) is 22.4. The lowest BCUT2D eigenvalue weighted by Gasteiger charge is -2.28. The van der Waals surface area contributed by atoms with Crippen molar-refractivity contribution in [3.63, 3.8) is 0 Å². The maximum absolute atomic E-state index is 12.2. The first-order chi connectivity index (χ1) is 12.0. The van der Waals surface area contributed by atoms with E-state index < -0.39 is 10.9 Å². The van der Waals surface area contributed by atoms with Crippen LogP contribution >= 0.6 is 11.3 Å². The summed E-state index contributed by atoms with van der Waals surface area (Å²) >= 11 is 1.28. The van der Waals surface area contributed by atoms with E-state index in [0.29, 0.717) is 10.8 Å². The Balaban J connectivity index is 1.75. The Kier molecular flexibility index (Phi) is 4.57. The van der Waals surface area contributed by atoms with Gasteiger partial charge in [-0.2, -0.15) is 0 Å². The molecule has 0 saturated heterocycles. The number of non-ortho nitro benzene ring substituents is 1. The molecule has 1 aliphatic rings. The lowest BCUT2D eigenvalue weighted by Crippen LogP contribution is -2.41. The molecule has 2 heterocycles. The molecule has 1 amide bonds. The van der Waals surface area contributed by atoms with Crippen LogP contribution in [0.1, 0.15) is 11.9 Å². The zero-order valence-electron chi connectivity index (χ0n) is 13.1. The summed E-state index contributed by atoms with van der Waals surface area (Å²) in [4.78, 5) is 35.6. The van der Waals surface area contributed by atoms with Crippen molar-refractivity contribution in [2.24, 2.45) is 0 Å². The van der Waals surface area contributed by atoms with E-state index in [0.717, 1.165) is 17.5 Å². The summed E-state index contributed by atoms with van der Waals surface area (Å²) in [5.74, 6) is -0.912. The molecule has 1 N–H and O–H groups in total. The molecule has 25 heavy (non-hydrogen) atoms. The maximum Gasteiger partial charge on any atom is 0.331 e. The number of anilines is 2. The average molecular weight is 363 g/mol. The Morgan fingerprint density at radius 1 is 1.48 bits per heavy atom. The van der Waals surface area contributed by atoms with Gasteiger partial charge in [0.1, 0.15) is 11.6 Å². The van der Waals surface area contributed by atoms with Gasteiger partial charge in [0.25, 0.3) is 5.69 Å². The van der Waals surface area contributed by atoms with Gasteiger partial charge >= 0.3 is 5.97 Å². The molecular weight excluding hydrogens is 350 g/mol. The molecule has 0 fully saturated rings. The van der Waals surface area contributed by atoms with Crippen LogP contribution in [0.4, 0.5) is 16.5 Å². The number of nitro groups is 1. The molecule has 0 radical (unpaired) electrons. The topological polar surface area (TPSA) is 128 Å². The van der Waals surface area contributed by atoms with Crippen molar-refractivity contribution >= 4 is 39.7 Å². The fourth-order valence-corrected chi connectivity index (χ4v) is 2.97. The molecule has 0 bridgehead atoms. The minimum absolute atomic E-state index is 0.0578. The van der Waals surface area contributed by atoms with Crippen LogP contribution in [-0.4, -0.2) is 40.1 Å². The lowest BCUT2D eigenvalue weighted by molar-refractivity contribution is -0.384. The molecule has 3 rings (SSSR count). The Hall–Kier alpha value is -3.08. The van der Waals surface area contributed by atoms with Crippen LogP contribution in [0.2, 0.25) is 0 Å². The number of esters is 1. The van der Waals surface area contributed by atoms with Crippen molar-refractivity contribution in [3.8, 4) is 5.75 Å². The normalized spacial score (nSPS) is 13.2. The van der Waals surface area contributed by atoms with Crippen LogP contribution in [0.3, 0.4) is 0 Å². The number of nitrogens with one attached hydrogen (secondary N) is 1. The third-order valence-corrected chi connectivity index (χ3v) is 4.37. The molecule has 11 heteroatoms. The number of rotatable bonds is 5. The SMILES string of the molecule is CCc1nnc(NC(=O)CN2CC(=O)Oc3cc([N+](=O)[O-])ccc32)s1. The van der Waals surface area contributed by atoms with Crippen LogP contribution in [0.5, 0.6) is 5.75 Å². The quantitative estimate of drug-likeness (QED) is 0.365. The number of fused-ring (bicyclic) bond motifs is 1. The molecular formula is C14H13N5O5S. The van der Waals surface area contributed by atoms with Crippen LogP contribution in [0.15, 0.2) is 18.2 Å². The number of ether oxygens (including phenoxy) is 1. The van der Waals surface area contributed by atoms with E-state index in [9.17, 15) is 19.7 Å². The highest BCUT2D eigenvalue weighted by Gasteiger charge is 2.27. The zero-order valence-corrected chi connectivity index (χ0v) is 13.9. The first-order valence-electron chi connectivity index (χ1n) is 7.32. The third kappa shape index (κ3) is 3.71. The Labute approximate surface area is 145 Å². The van der Waals surface area contributed by atoms with E-state index in [1.54, 1.807) is 0 Å². The molecule has 0 spiro atoms. The number of carbonyl (C=O) groups excluding carboxylic acids is 2. The second-order valence-corrected chi connectivity index (χ2v) is 6.20. The largest absolute Gasteiger partial charge is 0.423 e. The molecule has 0 unspecified atom stereocenters. The van der Waals surface area contributed by atoms with Crippen LogP contribution in [0.25, 0.3) is 0 Å². The minimum Gasteiger partial charge on any atom is -0.423 e. The first-order valence-corrected chi connectivity index (χ1v) is 8.14. The highest BCUT2D eigenvalue weighted by molar-refractivity contribution is 7.15. The number of carbonyl (C=O) groups is 2. The van der Waals surface area contributed by atoms with Crippen LogP contribution in [0, 0.1) is 10.1 Å². The van der Waals surface area contributed by atoms with E-state index in [1.807, 2.05) is 6.92 Å². The summed E-state index contributed by atoms with van der Waals surface area (Å²) in [6.45, 7) is 1.68. The van der Waals surface area contributed by atoms with Gasteiger partial charge in [0.15, 0.2) is 5.75 Å². The standard InChI is InChI=1S/C14H13N5O5S/c1-2-12-16-17-14(25-12)15-11(20)6-18-7-13(21)24-10-5-8(19(22)23)3-4-9(10)18/h3-5H,2,6-7H2,1H3,(H,15,17,20). The number of hydrogen-bond donors (Lipinski definition) is 1. The summed E-state index contributed by atoms with van der Waals surface area (Å²) in [5.41, 5.74) is 0.241. The van der Waals surface area contributed by atoms with Crippen molar-refractivity contribution in [2.45, 2.75) is 13.3 Å². The minimum atomic E-state index is -0.593. The molecule has 0 atom stereocenters. The Bertz CT molecular complexity index is 852. The number of aromatic nitrogens is 2. The molecule has 2 aromatic rings. The van der Waals surface area contributed by atoms with Gasteiger partial charge in [-0.3, -0.25) is 20.2 Å². The number of aryl methyl sites for hydroxylation is 1. The average Bonchev–Trinajstić information content (AvgIpc) is 3.01. The van der Waals surface area contributed by atoms with Gasteiger partial charge in [0.2, 0.25) is 11.0 Å². The fourth-order valence-electron chi connectivity index (χ4n) is 2.28. The third-order valence-electron chi connectivity index (χ3n) is 3.39.